The number of anilines is 1. The van der Waals surface area contributed by atoms with Gasteiger partial charge in [-0.1, -0.05) is 48.5 Å². The second-order valence-corrected chi connectivity index (χ2v) is 7.54. The fraction of sp³-hybridized carbons (Fsp3) is 0.160. The van der Waals surface area contributed by atoms with Gasteiger partial charge in [-0.3, -0.25) is 14.3 Å². The van der Waals surface area contributed by atoms with Crippen molar-refractivity contribution in [2.45, 2.75) is 20.0 Å². The zero-order valence-electron chi connectivity index (χ0n) is 18.0. The Balaban J connectivity index is 1.51. The van der Waals surface area contributed by atoms with Gasteiger partial charge in [0.2, 0.25) is 0 Å². The molecule has 0 aliphatic carbocycles. The number of nitrogens with one attached hydrogen (secondary N) is 1. The van der Waals surface area contributed by atoms with E-state index in [9.17, 15) is 14.4 Å². The van der Waals surface area contributed by atoms with Crippen LogP contribution in [-0.4, -0.2) is 27.3 Å². The third-order valence-electron chi connectivity index (χ3n) is 5.44. The normalized spacial score (nSPS) is 11.8. The Kier molecular flexibility index (Phi) is 5.64. The molecule has 1 aromatic heterocycles. The molecule has 4 aromatic rings. The molecule has 7 heteroatoms. The van der Waals surface area contributed by atoms with Crippen LogP contribution in [0.2, 0.25) is 0 Å². The number of aromatic nitrogens is 2. The second kappa shape index (κ2) is 8.55. The van der Waals surface area contributed by atoms with Gasteiger partial charge in [0, 0.05) is 7.05 Å². The van der Waals surface area contributed by atoms with Crippen LogP contribution < -0.4 is 10.9 Å². The fourth-order valence-electron chi connectivity index (χ4n) is 3.54. The number of hydrogen-bond acceptors (Lipinski definition) is 4. The number of nitrogens with zero attached hydrogens (tertiary/aromatic N) is 2. The SMILES string of the molecule is Cc1c(NC(=O)[C@@H](C)OC(=O)c2ccc3ccccc3c2)c(=O)n(-c2ccccc2)n1C. The monoisotopic (exact) mass is 429 g/mol. The van der Waals surface area contributed by atoms with Gasteiger partial charge in [0.15, 0.2) is 6.10 Å². The van der Waals surface area contributed by atoms with E-state index < -0.39 is 18.0 Å². The number of carbonyl (C=O) groups excluding carboxylic acids is 2. The lowest BCUT2D eigenvalue weighted by Gasteiger charge is -2.13. The summed E-state index contributed by atoms with van der Waals surface area (Å²) in [6.07, 6.45) is -1.09. The summed E-state index contributed by atoms with van der Waals surface area (Å²) < 4.78 is 8.49. The summed E-state index contributed by atoms with van der Waals surface area (Å²) in [6.45, 7) is 3.21. The standard InChI is InChI=1S/C25H23N3O4/c1-16-22(24(30)28(27(16)3)21-11-5-4-6-12-21)26-23(29)17(2)32-25(31)20-14-13-18-9-7-8-10-19(18)15-20/h4-15,17H,1-3H3,(H,26,29)/t17-/m1/s1. The van der Waals surface area contributed by atoms with Crippen molar-refractivity contribution in [2.24, 2.45) is 7.05 Å². The molecular weight excluding hydrogens is 406 g/mol. The van der Waals surface area contributed by atoms with E-state index in [1.165, 1.54) is 11.6 Å². The lowest BCUT2D eigenvalue weighted by atomic mass is 10.1. The van der Waals surface area contributed by atoms with Crippen molar-refractivity contribution in [3.8, 4) is 5.69 Å². The van der Waals surface area contributed by atoms with Gasteiger partial charge in [-0.15, -0.1) is 0 Å². The Labute approximate surface area is 184 Å². The number of hydrogen-bond donors (Lipinski definition) is 1. The van der Waals surface area contributed by atoms with E-state index in [0.29, 0.717) is 16.9 Å². The van der Waals surface area contributed by atoms with Gasteiger partial charge in [0.25, 0.3) is 11.5 Å². The first-order valence-corrected chi connectivity index (χ1v) is 10.2. The third kappa shape index (κ3) is 3.92. The van der Waals surface area contributed by atoms with Crippen LogP contribution in [0.15, 0.2) is 77.6 Å². The van der Waals surface area contributed by atoms with E-state index in [4.69, 9.17) is 4.74 Å². The van der Waals surface area contributed by atoms with Crippen molar-refractivity contribution in [3.05, 3.63) is 94.4 Å². The molecule has 1 amide bonds. The molecule has 32 heavy (non-hydrogen) atoms. The number of rotatable bonds is 5. The number of amides is 1. The predicted octanol–water partition coefficient (Wildman–Crippen LogP) is 3.82. The van der Waals surface area contributed by atoms with Crippen molar-refractivity contribution < 1.29 is 14.3 Å². The lowest BCUT2D eigenvalue weighted by molar-refractivity contribution is -0.123. The van der Waals surface area contributed by atoms with Gasteiger partial charge in [-0.05, 0) is 48.9 Å². The van der Waals surface area contributed by atoms with Crippen LogP contribution in [-0.2, 0) is 16.6 Å². The Morgan fingerprint density at radius 3 is 2.31 bits per heavy atom. The van der Waals surface area contributed by atoms with E-state index in [1.807, 2.05) is 48.5 Å². The second-order valence-electron chi connectivity index (χ2n) is 7.54. The summed E-state index contributed by atoms with van der Waals surface area (Å²) in [7, 11) is 1.74. The highest BCUT2D eigenvalue weighted by atomic mass is 16.5. The van der Waals surface area contributed by atoms with Crippen LogP contribution in [0.5, 0.6) is 0 Å². The lowest BCUT2D eigenvalue weighted by Crippen LogP contribution is -2.32. The highest BCUT2D eigenvalue weighted by molar-refractivity contribution is 5.99. The minimum atomic E-state index is -1.09. The molecule has 0 spiro atoms. The molecule has 1 N–H and O–H groups in total. The molecule has 162 valence electrons. The smallest absolute Gasteiger partial charge is 0.338 e. The Morgan fingerprint density at radius 1 is 0.938 bits per heavy atom. The maximum absolute atomic E-state index is 13.0. The highest BCUT2D eigenvalue weighted by Crippen LogP contribution is 2.18. The van der Waals surface area contributed by atoms with Crippen LogP contribution in [0.25, 0.3) is 16.5 Å². The molecule has 4 rings (SSSR count). The van der Waals surface area contributed by atoms with Crippen LogP contribution in [0, 0.1) is 6.92 Å². The van der Waals surface area contributed by atoms with E-state index >= 15 is 0 Å². The van der Waals surface area contributed by atoms with Crippen LogP contribution >= 0.6 is 0 Å². The molecule has 0 aliphatic rings. The Bertz CT molecular complexity index is 1370. The molecule has 0 saturated carbocycles. The molecule has 1 atom stereocenters. The molecule has 0 radical (unpaired) electrons. The molecule has 7 nitrogen and oxygen atoms in total. The molecule has 0 saturated heterocycles. The maximum atomic E-state index is 13.0. The first-order valence-electron chi connectivity index (χ1n) is 10.2. The van der Waals surface area contributed by atoms with E-state index in [0.717, 1.165) is 10.8 Å². The maximum Gasteiger partial charge on any atom is 0.338 e. The number of para-hydroxylation sites is 1. The number of ether oxygens (including phenoxy) is 1. The summed E-state index contributed by atoms with van der Waals surface area (Å²) in [5.74, 6) is -1.19. The average Bonchev–Trinajstić information content (AvgIpc) is 3.02. The molecular formula is C25H23N3O4. The summed E-state index contributed by atoms with van der Waals surface area (Å²) in [5.41, 5.74) is 1.40. The topological polar surface area (TPSA) is 82.3 Å². The molecule has 1 heterocycles. The van der Waals surface area contributed by atoms with Gasteiger partial charge in [0.1, 0.15) is 5.69 Å². The van der Waals surface area contributed by atoms with Crippen molar-refractivity contribution in [1.29, 1.82) is 0 Å². The van der Waals surface area contributed by atoms with Crippen LogP contribution in [0.3, 0.4) is 0 Å². The van der Waals surface area contributed by atoms with Crippen molar-refractivity contribution in [3.63, 3.8) is 0 Å². The number of fused-ring (bicyclic) bond motifs is 1. The number of esters is 1. The molecule has 0 unspecified atom stereocenters. The van der Waals surface area contributed by atoms with Crippen LogP contribution in [0.4, 0.5) is 5.69 Å². The quantitative estimate of drug-likeness (QED) is 0.489. The van der Waals surface area contributed by atoms with Gasteiger partial charge >= 0.3 is 5.97 Å². The molecule has 0 aliphatic heterocycles. The zero-order chi connectivity index (χ0) is 22.8. The van der Waals surface area contributed by atoms with Gasteiger partial charge in [0.05, 0.1) is 16.9 Å². The summed E-state index contributed by atoms with van der Waals surface area (Å²) >= 11 is 0. The van der Waals surface area contributed by atoms with Crippen LogP contribution in [0.1, 0.15) is 23.0 Å². The van der Waals surface area contributed by atoms with Gasteiger partial charge in [-0.2, -0.15) is 0 Å². The Morgan fingerprint density at radius 2 is 1.59 bits per heavy atom. The number of carbonyl (C=O) groups is 2. The predicted molar refractivity (Wildman–Crippen MR) is 123 cm³/mol. The first-order chi connectivity index (χ1) is 15.4. The molecule has 0 bridgehead atoms. The summed E-state index contributed by atoms with van der Waals surface area (Å²) in [6, 6.07) is 22.0. The van der Waals surface area contributed by atoms with E-state index in [1.54, 1.807) is 42.9 Å². The van der Waals surface area contributed by atoms with E-state index in [-0.39, 0.29) is 11.2 Å². The average molecular weight is 429 g/mol. The van der Waals surface area contributed by atoms with Crippen molar-refractivity contribution in [2.75, 3.05) is 5.32 Å². The molecule has 3 aromatic carbocycles. The third-order valence-corrected chi connectivity index (χ3v) is 5.44. The minimum absolute atomic E-state index is 0.148. The molecule has 0 fully saturated rings. The van der Waals surface area contributed by atoms with Gasteiger partial charge in [-0.25, -0.2) is 9.48 Å². The largest absolute Gasteiger partial charge is 0.449 e. The minimum Gasteiger partial charge on any atom is -0.449 e. The van der Waals surface area contributed by atoms with E-state index in [2.05, 4.69) is 5.32 Å². The fourth-order valence-corrected chi connectivity index (χ4v) is 3.54. The van der Waals surface area contributed by atoms with Gasteiger partial charge < -0.3 is 10.1 Å². The summed E-state index contributed by atoms with van der Waals surface area (Å²) in [4.78, 5) is 38.2. The number of benzene rings is 3. The zero-order valence-corrected chi connectivity index (χ0v) is 18.0. The highest BCUT2D eigenvalue weighted by Gasteiger charge is 2.23. The Hall–Kier alpha value is -4.13. The van der Waals surface area contributed by atoms with Crippen molar-refractivity contribution >= 4 is 28.3 Å². The van der Waals surface area contributed by atoms with Crippen molar-refractivity contribution in [1.82, 2.24) is 9.36 Å². The summed E-state index contributed by atoms with van der Waals surface area (Å²) in [5, 5.41) is 4.53. The first kappa shape index (κ1) is 21.1.